The predicted octanol–water partition coefficient (Wildman–Crippen LogP) is 2.12. The Kier molecular flexibility index (Phi) is 4.70. The standard InChI is InChI=1S/C16H17FN2O3S/c1-11-7-12(2)9-14(8-11)19(10-16(18)20)23(21,22)15-5-3-13(17)4-6-15/h3-9H,10H2,1-2H3,(H2,18,20). The molecule has 2 rings (SSSR count). The first-order valence-corrected chi connectivity index (χ1v) is 8.29. The lowest BCUT2D eigenvalue weighted by Crippen LogP contribution is -2.38. The number of nitrogens with zero attached hydrogens (tertiary/aromatic N) is 1. The second-order valence-electron chi connectivity index (χ2n) is 5.28. The largest absolute Gasteiger partial charge is 0.368 e. The number of anilines is 1. The highest BCUT2D eigenvalue weighted by Crippen LogP contribution is 2.25. The van der Waals surface area contributed by atoms with Crippen LogP contribution >= 0.6 is 0 Å². The average molecular weight is 336 g/mol. The number of carbonyl (C=O) groups is 1. The van der Waals surface area contributed by atoms with Crippen LogP contribution in [0.15, 0.2) is 47.4 Å². The molecule has 0 radical (unpaired) electrons. The van der Waals surface area contributed by atoms with Crippen molar-refractivity contribution in [2.75, 3.05) is 10.8 Å². The van der Waals surface area contributed by atoms with Gasteiger partial charge >= 0.3 is 0 Å². The second-order valence-corrected chi connectivity index (χ2v) is 7.14. The molecule has 0 aromatic heterocycles. The molecule has 0 saturated heterocycles. The Labute approximate surface area is 134 Å². The van der Waals surface area contributed by atoms with Gasteiger partial charge in [0.05, 0.1) is 10.6 Å². The highest BCUT2D eigenvalue weighted by Gasteiger charge is 2.26. The molecule has 0 saturated carbocycles. The van der Waals surface area contributed by atoms with Gasteiger partial charge in [-0.3, -0.25) is 9.10 Å². The molecule has 2 N–H and O–H groups in total. The zero-order valence-electron chi connectivity index (χ0n) is 12.8. The van der Waals surface area contributed by atoms with Crippen LogP contribution < -0.4 is 10.0 Å². The van der Waals surface area contributed by atoms with Crippen LogP contribution in [0.5, 0.6) is 0 Å². The van der Waals surface area contributed by atoms with Gasteiger partial charge in [-0.25, -0.2) is 12.8 Å². The summed E-state index contributed by atoms with van der Waals surface area (Å²) < 4.78 is 39.6. The molecule has 0 aliphatic heterocycles. The van der Waals surface area contributed by atoms with Gasteiger partial charge in [0.1, 0.15) is 12.4 Å². The van der Waals surface area contributed by atoms with Crippen LogP contribution in [-0.2, 0) is 14.8 Å². The zero-order chi connectivity index (χ0) is 17.2. The topological polar surface area (TPSA) is 80.5 Å². The number of rotatable bonds is 5. The Hall–Kier alpha value is -2.41. The average Bonchev–Trinajstić information content (AvgIpc) is 2.43. The highest BCUT2D eigenvalue weighted by molar-refractivity contribution is 7.92. The molecule has 0 aliphatic carbocycles. The molecule has 2 aromatic rings. The number of hydrogen-bond acceptors (Lipinski definition) is 3. The Morgan fingerprint density at radius 1 is 1.09 bits per heavy atom. The van der Waals surface area contributed by atoms with Gasteiger partial charge in [-0.2, -0.15) is 0 Å². The minimum absolute atomic E-state index is 0.112. The number of carbonyl (C=O) groups excluding carboxylic acids is 1. The molecule has 7 heteroatoms. The third-order valence-corrected chi connectivity index (χ3v) is 4.98. The van der Waals surface area contributed by atoms with E-state index in [-0.39, 0.29) is 4.90 Å². The van der Waals surface area contributed by atoms with Gasteiger partial charge in [-0.15, -0.1) is 0 Å². The first-order chi connectivity index (χ1) is 10.7. The summed E-state index contributed by atoms with van der Waals surface area (Å²) in [6.45, 7) is 3.15. The SMILES string of the molecule is Cc1cc(C)cc(N(CC(N)=O)S(=O)(=O)c2ccc(F)cc2)c1. The van der Waals surface area contributed by atoms with Crippen LogP contribution in [0.1, 0.15) is 11.1 Å². The van der Waals surface area contributed by atoms with Crippen molar-refractivity contribution >= 4 is 21.6 Å². The number of hydrogen-bond donors (Lipinski definition) is 1. The van der Waals surface area contributed by atoms with Crippen molar-refractivity contribution in [3.8, 4) is 0 Å². The second kappa shape index (κ2) is 6.37. The Bertz CT molecular complexity index is 813. The molecule has 0 heterocycles. The summed E-state index contributed by atoms with van der Waals surface area (Å²) in [5, 5.41) is 0. The maximum atomic E-state index is 13.0. The summed E-state index contributed by atoms with van der Waals surface area (Å²) in [6.07, 6.45) is 0. The van der Waals surface area contributed by atoms with E-state index in [1.54, 1.807) is 12.1 Å². The normalized spacial score (nSPS) is 11.3. The van der Waals surface area contributed by atoms with E-state index in [9.17, 15) is 17.6 Å². The zero-order valence-corrected chi connectivity index (χ0v) is 13.6. The first kappa shape index (κ1) is 17.0. The molecule has 0 unspecified atom stereocenters. The van der Waals surface area contributed by atoms with Crippen molar-refractivity contribution in [3.05, 3.63) is 59.4 Å². The molecule has 0 spiro atoms. The summed E-state index contributed by atoms with van der Waals surface area (Å²) in [4.78, 5) is 11.2. The van der Waals surface area contributed by atoms with Crippen molar-refractivity contribution in [1.29, 1.82) is 0 Å². The summed E-state index contributed by atoms with van der Waals surface area (Å²) in [6, 6.07) is 9.60. The maximum absolute atomic E-state index is 13.0. The van der Waals surface area contributed by atoms with Crippen LogP contribution in [0.25, 0.3) is 0 Å². The fourth-order valence-electron chi connectivity index (χ4n) is 2.29. The molecule has 5 nitrogen and oxygen atoms in total. The number of amides is 1. The maximum Gasteiger partial charge on any atom is 0.264 e. The van der Waals surface area contributed by atoms with Crippen molar-refractivity contribution in [3.63, 3.8) is 0 Å². The quantitative estimate of drug-likeness (QED) is 0.908. The van der Waals surface area contributed by atoms with Crippen molar-refractivity contribution in [1.82, 2.24) is 0 Å². The smallest absolute Gasteiger partial charge is 0.264 e. The Morgan fingerprint density at radius 3 is 2.09 bits per heavy atom. The number of primary amides is 1. The van der Waals surface area contributed by atoms with Gasteiger partial charge in [0, 0.05) is 0 Å². The van der Waals surface area contributed by atoms with Crippen LogP contribution in [0.3, 0.4) is 0 Å². The highest BCUT2D eigenvalue weighted by atomic mass is 32.2. The third kappa shape index (κ3) is 3.87. The number of sulfonamides is 1. The molecule has 1 amide bonds. The first-order valence-electron chi connectivity index (χ1n) is 6.85. The van der Waals surface area contributed by atoms with Crippen LogP contribution in [-0.4, -0.2) is 20.9 Å². The molecule has 0 aliphatic rings. The lowest BCUT2D eigenvalue weighted by Gasteiger charge is -2.24. The van der Waals surface area contributed by atoms with Crippen molar-refractivity contribution < 1.29 is 17.6 Å². The van der Waals surface area contributed by atoms with Gasteiger partial charge in [-0.05, 0) is 61.4 Å². The molecule has 0 bridgehead atoms. The van der Waals surface area contributed by atoms with Crippen LogP contribution in [0, 0.1) is 19.7 Å². The van der Waals surface area contributed by atoms with Crippen molar-refractivity contribution in [2.24, 2.45) is 5.73 Å². The number of benzene rings is 2. The van der Waals surface area contributed by atoms with Crippen LogP contribution in [0.4, 0.5) is 10.1 Å². The van der Waals surface area contributed by atoms with Gasteiger partial charge in [0.25, 0.3) is 10.0 Å². The lowest BCUT2D eigenvalue weighted by atomic mass is 10.1. The Morgan fingerprint density at radius 2 is 1.61 bits per heavy atom. The summed E-state index contributed by atoms with van der Waals surface area (Å²) >= 11 is 0. The molecule has 2 aromatic carbocycles. The van der Waals surface area contributed by atoms with E-state index < -0.39 is 28.3 Å². The third-order valence-electron chi connectivity index (χ3n) is 3.20. The van der Waals surface area contributed by atoms with E-state index in [1.807, 2.05) is 19.9 Å². The molecule has 23 heavy (non-hydrogen) atoms. The fourth-order valence-corrected chi connectivity index (χ4v) is 3.70. The molecule has 122 valence electrons. The van der Waals surface area contributed by atoms with E-state index in [1.165, 1.54) is 0 Å². The van der Waals surface area contributed by atoms with E-state index in [4.69, 9.17) is 5.73 Å². The lowest BCUT2D eigenvalue weighted by molar-refractivity contribution is -0.116. The van der Waals surface area contributed by atoms with Crippen LogP contribution in [0.2, 0.25) is 0 Å². The molecular formula is C16H17FN2O3S. The summed E-state index contributed by atoms with van der Waals surface area (Å²) in [5.74, 6) is -1.33. The van der Waals surface area contributed by atoms with E-state index in [0.29, 0.717) is 5.69 Å². The predicted molar refractivity (Wildman–Crippen MR) is 86.0 cm³/mol. The summed E-state index contributed by atoms with van der Waals surface area (Å²) in [5.41, 5.74) is 7.24. The van der Waals surface area contributed by atoms with Gasteiger partial charge < -0.3 is 5.73 Å². The monoisotopic (exact) mass is 336 g/mol. The van der Waals surface area contributed by atoms with Gasteiger partial charge in [0.2, 0.25) is 5.91 Å². The Balaban J connectivity index is 2.57. The van der Waals surface area contributed by atoms with E-state index >= 15 is 0 Å². The van der Waals surface area contributed by atoms with Gasteiger partial charge in [0.15, 0.2) is 0 Å². The van der Waals surface area contributed by atoms with Crippen molar-refractivity contribution in [2.45, 2.75) is 18.7 Å². The minimum atomic E-state index is -4.03. The molecule has 0 fully saturated rings. The minimum Gasteiger partial charge on any atom is -0.368 e. The summed E-state index contributed by atoms with van der Waals surface area (Å²) in [7, 11) is -4.03. The van der Waals surface area contributed by atoms with E-state index in [0.717, 1.165) is 39.7 Å². The van der Waals surface area contributed by atoms with E-state index in [2.05, 4.69) is 0 Å². The molecule has 0 atom stereocenters. The molecular weight excluding hydrogens is 319 g/mol. The number of aryl methyl sites for hydroxylation is 2. The van der Waals surface area contributed by atoms with Gasteiger partial charge in [-0.1, -0.05) is 6.07 Å². The fraction of sp³-hybridized carbons (Fsp3) is 0.188. The number of halogens is 1. The number of nitrogens with two attached hydrogens (primary N) is 1.